The van der Waals surface area contributed by atoms with Crippen molar-refractivity contribution in [2.24, 2.45) is 0 Å². The van der Waals surface area contributed by atoms with Gasteiger partial charge in [-0.3, -0.25) is 14.3 Å². The third kappa shape index (κ3) is 7.12. The van der Waals surface area contributed by atoms with Gasteiger partial charge in [0.05, 0.1) is 16.1 Å². The summed E-state index contributed by atoms with van der Waals surface area (Å²) in [6.45, 7) is 5.90. The summed E-state index contributed by atoms with van der Waals surface area (Å²) >= 11 is 0. The summed E-state index contributed by atoms with van der Waals surface area (Å²) < 4.78 is 29.1. The average molecular weight is 542 g/mol. The largest absolute Gasteiger partial charge is 0.352 e. The van der Waals surface area contributed by atoms with Crippen LogP contribution in [0.15, 0.2) is 95.9 Å². The lowest BCUT2D eigenvalue weighted by molar-refractivity contribution is 0.0955. The molecule has 0 aliphatic carbocycles. The number of para-hydroxylation sites is 1. The fraction of sp³-hybridized carbons (Fsp3) is 0.161. The van der Waals surface area contributed by atoms with Gasteiger partial charge >= 0.3 is 0 Å². The summed E-state index contributed by atoms with van der Waals surface area (Å²) in [5, 5.41) is 5.65. The minimum absolute atomic E-state index is 0.00116. The highest BCUT2D eigenvalue weighted by molar-refractivity contribution is 7.92. The monoisotopic (exact) mass is 541 g/mol. The molecule has 0 fully saturated rings. The minimum Gasteiger partial charge on any atom is -0.352 e. The predicted octanol–water partition coefficient (Wildman–Crippen LogP) is 5.64. The molecule has 0 aliphatic rings. The Hall–Kier alpha value is -4.43. The lowest BCUT2D eigenvalue weighted by Crippen LogP contribution is -2.27. The molecule has 0 aliphatic heterocycles. The van der Waals surface area contributed by atoms with E-state index in [1.54, 1.807) is 55.5 Å². The van der Waals surface area contributed by atoms with Crippen molar-refractivity contribution >= 4 is 33.2 Å². The van der Waals surface area contributed by atoms with E-state index in [9.17, 15) is 18.0 Å². The lowest BCUT2D eigenvalue weighted by Gasteiger charge is -2.14. The van der Waals surface area contributed by atoms with Crippen LogP contribution in [-0.4, -0.2) is 26.8 Å². The molecule has 3 N–H and O–H groups in total. The van der Waals surface area contributed by atoms with Crippen molar-refractivity contribution in [2.45, 2.75) is 32.1 Å². The molecule has 0 aromatic heterocycles. The molecule has 0 radical (unpaired) electrons. The van der Waals surface area contributed by atoms with Crippen LogP contribution in [0.1, 0.15) is 43.0 Å². The first-order valence-corrected chi connectivity index (χ1v) is 14.0. The van der Waals surface area contributed by atoms with Crippen LogP contribution in [-0.2, 0) is 16.4 Å². The molecule has 0 saturated carbocycles. The first-order valence-electron chi connectivity index (χ1n) is 12.6. The molecule has 0 bridgehead atoms. The number of benzene rings is 4. The predicted molar refractivity (Wildman–Crippen MR) is 155 cm³/mol. The maximum Gasteiger partial charge on any atom is 0.262 e. The second kappa shape index (κ2) is 12.0. The number of aryl methyl sites for hydroxylation is 3. The van der Waals surface area contributed by atoms with Crippen LogP contribution in [0.2, 0.25) is 0 Å². The Morgan fingerprint density at radius 1 is 0.744 bits per heavy atom. The number of amides is 2. The molecular weight excluding hydrogens is 510 g/mol. The van der Waals surface area contributed by atoms with E-state index in [1.807, 2.05) is 50.2 Å². The molecule has 200 valence electrons. The summed E-state index contributed by atoms with van der Waals surface area (Å²) in [5.41, 5.74) is 4.72. The van der Waals surface area contributed by atoms with Crippen molar-refractivity contribution in [3.63, 3.8) is 0 Å². The molecule has 7 nitrogen and oxygen atoms in total. The Morgan fingerprint density at radius 3 is 2.13 bits per heavy atom. The van der Waals surface area contributed by atoms with E-state index in [1.165, 1.54) is 6.07 Å². The Balaban J connectivity index is 1.50. The van der Waals surface area contributed by atoms with Crippen LogP contribution in [0.4, 0.5) is 11.4 Å². The Labute approximate surface area is 229 Å². The molecule has 4 rings (SSSR count). The van der Waals surface area contributed by atoms with Crippen LogP contribution in [0.25, 0.3) is 0 Å². The standard InChI is InChI=1S/C31H31N3O4S/c1-21-17-22(2)19-26(18-21)34-39(37,38)29-20-25(14-13-23(29)3)30(35)33-28-12-8-7-11-27(28)31(36)32-16-15-24-9-5-4-6-10-24/h4-14,17-20,34H,15-16H2,1-3H3,(H,32,36)(H,33,35). The van der Waals surface area contributed by atoms with Crippen molar-refractivity contribution in [3.8, 4) is 0 Å². The van der Waals surface area contributed by atoms with E-state index in [2.05, 4.69) is 15.4 Å². The van der Waals surface area contributed by atoms with Crippen LogP contribution < -0.4 is 15.4 Å². The fourth-order valence-corrected chi connectivity index (χ4v) is 5.63. The first kappa shape index (κ1) is 27.6. The molecular formula is C31H31N3O4S. The quantitative estimate of drug-likeness (QED) is 0.255. The molecule has 0 unspecified atom stereocenters. The zero-order valence-corrected chi connectivity index (χ0v) is 22.9. The van der Waals surface area contributed by atoms with Crippen molar-refractivity contribution in [1.29, 1.82) is 0 Å². The molecule has 8 heteroatoms. The van der Waals surface area contributed by atoms with Gasteiger partial charge in [-0.15, -0.1) is 0 Å². The second-order valence-electron chi connectivity index (χ2n) is 9.45. The van der Waals surface area contributed by atoms with Gasteiger partial charge in [-0.1, -0.05) is 54.6 Å². The number of hydrogen-bond acceptors (Lipinski definition) is 4. The average Bonchev–Trinajstić information content (AvgIpc) is 2.88. The fourth-order valence-electron chi connectivity index (χ4n) is 4.32. The highest BCUT2D eigenvalue weighted by Gasteiger charge is 2.21. The third-order valence-corrected chi connectivity index (χ3v) is 7.70. The van der Waals surface area contributed by atoms with Gasteiger partial charge in [-0.2, -0.15) is 0 Å². The minimum atomic E-state index is -3.96. The van der Waals surface area contributed by atoms with E-state index < -0.39 is 15.9 Å². The van der Waals surface area contributed by atoms with Gasteiger partial charge in [-0.25, -0.2) is 8.42 Å². The zero-order valence-electron chi connectivity index (χ0n) is 22.1. The summed E-state index contributed by atoms with van der Waals surface area (Å²) in [6.07, 6.45) is 0.678. The van der Waals surface area contributed by atoms with Gasteiger partial charge in [0.2, 0.25) is 0 Å². The molecule has 2 amide bonds. The number of hydrogen-bond donors (Lipinski definition) is 3. The zero-order chi connectivity index (χ0) is 28.0. The number of carbonyl (C=O) groups excluding carboxylic acids is 2. The number of nitrogens with one attached hydrogen (secondary N) is 3. The molecule has 0 spiro atoms. The van der Waals surface area contributed by atoms with Crippen molar-refractivity contribution in [3.05, 3.63) is 124 Å². The lowest BCUT2D eigenvalue weighted by atomic mass is 10.1. The van der Waals surface area contributed by atoms with Crippen LogP contribution in [0.3, 0.4) is 0 Å². The maximum atomic E-state index is 13.2. The molecule has 0 heterocycles. The smallest absolute Gasteiger partial charge is 0.262 e. The normalized spacial score (nSPS) is 11.1. The second-order valence-corrected chi connectivity index (χ2v) is 11.1. The van der Waals surface area contributed by atoms with E-state index in [0.29, 0.717) is 35.5 Å². The summed E-state index contributed by atoms with van der Waals surface area (Å²) in [5.74, 6) is -0.839. The number of rotatable bonds is 9. The van der Waals surface area contributed by atoms with Gasteiger partial charge in [-0.05, 0) is 85.8 Å². The molecule has 0 atom stereocenters. The van der Waals surface area contributed by atoms with Gasteiger partial charge in [0.15, 0.2) is 0 Å². The topological polar surface area (TPSA) is 104 Å². The van der Waals surface area contributed by atoms with Crippen LogP contribution >= 0.6 is 0 Å². The molecule has 39 heavy (non-hydrogen) atoms. The summed E-state index contributed by atoms with van der Waals surface area (Å²) in [7, 11) is -3.96. The highest BCUT2D eigenvalue weighted by Crippen LogP contribution is 2.24. The molecule has 0 saturated heterocycles. The SMILES string of the molecule is Cc1cc(C)cc(NS(=O)(=O)c2cc(C(=O)Nc3ccccc3C(=O)NCCc3ccccc3)ccc2C)c1. The Morgan fingerprint density at radius 2 is 1.41 bits per heavy atom. The van der Waals surface area contributed by atoms with Gasteiger partial charge in [0, 0.05) is 17.8 Å². The highest BCUT2D eigenvalue weighted by atomic mass is 32.2. The van der Waals surface area contributed by atoms with E-state index in [4.69, 9.17) is 0 Å². The summed E-state index contributed by atoms with van der Waals surface area (Å²) in [4.78, 5) is 26.0. The van der Waals surface area contributed by atoms with Crippen LogP contribution in [0, 0.1) is 20.8 Å². The van der Waals surface area contributed by atoms with E-state index in [0.717, 1.165) is 16.7 Å². The van der Waals surface area contributed by atoms with Crippen LogP contribution in [0.5, 0.6) is 0 Å². The third-order valence-electron chi connectivity index (χ3n) is 6.18. The number of sulfonamides is 1. The van der Waals surface area contributed by atoms with Gasteiger partial charge in [0.1, 0.15) is 0 Å². The first-order chi connectivity index (χ1) is 18.6. The van der Waals surface area contributed by atoms with Gasteiger partial charge < -0.3 is 10.6 Å². The Kier molecular flexibility index (Phi) is 8.46. The molecule has 4 aromatic rings. The maximum absolute atomic E-state index is 13.2. The van der Waals surface area contributed by atoms with Crippen molar-refractivity contribution < 1.29 is 18.0 Å². The number of carbonyl (C=O) groups is 2. The summed E-state index contributed by atoms with van der Waals surface area (Å²) in [6, 6.07) is 26.5. The van der Waals surface area contributed by atoms with E-state index >= 15 is 0 Å². The van der Waals surface area contributed by atoms with Crippen molar-refractivity contribution in [2.75, 3.05) is 16.6 Å². The Bertz CT molecular complexity index is 1600. The van der Waals surface area contributed by atoms with Gasteiger partial charge in [0.25, 0.3) is 21.8 Å². The van der Waals surface area contributed by atoms with Crippen molar-refractivity contribution in [1.82, 2.24) is 5.32 Å². The molecule has 4 aromatic carbocycles. The van der Waals surface area contributed by atoms with E-state index in [-0.39, 0.29) is 16.4 Å². The number of anilines is 2.